The molecule has 1 aliphatic rings. The molecule has 1 aliphatic heterocycles. The second kappa shape index (κ2) is 7.30. The van der Waals surface area contributed by atoms with E-state index in [-0.39, 0.29) is 23.4 Å². The van der Waals surface area contributed by atoms with E-state index < -0.39 is 5.82 Å². The molecule has 1 N–H and O–H groups in total. The molecule has 128 valence electrons. The zero-order chi connectivity index (χ0) is 17.8. The van der Waals surface area contributed by atoms with E-state index in [2.05, 4.69) is 11.9 Å². The Balaban J connectivity index is 1.68. The Morgan fingerprint density at radius 2 is 1.96 bits per heavy atom. The van der Waals surface area contributed by atoms with Gasteiger partial charge in [-0.2, -0.15) is 0 Å². The molecule has 0 aromatic heterocycles. The van der Waals surface area contributed by atoms with Gasteiger partial charge in [-0.1, -0.05) is 43.0 Å². The number of likely N-dealkylation sites (tertiary alicyclic amines) is 1. The fourth-order valence-corrected chi connectivity index (χ4v) is 2.98. The maximum atomic E-state index is 14.4. The number of carbonyl (C=O) groups excluding carboxylic acids is 2. The SMILES string of the molecule is C=CC(=O)N1CC[C@@H](NC(=O)c2ccc(-c3ccccc3)c(F)c2)C1. The van der Waals surface area contributed by atoms with Crippen LogP contribution in [0.25, 0.3) is 11.1 Å². The minimum absolute atomic E-state index is 0.131. The summed E-state index contributed by atoms with van der Waals surface area (Å²) in [5.74, 6) is -0.917. The van der Waals surface area contributed by atoms with E-state index in [1.54, 1.807) is 17.0 Å². The molecular formula is C20H19FN2O2. The van der Waals surface area contributed by atoms with Crippen LogP contribution in [0.5, 0.6) is 0 Å². The maximum absolute atomic E-state index is 14.4. The molecule has 4 nitrogen and oxygen atoms in total. The third-order valence-electron chi connectivity index (χ3n) is 4.33. The summed E-state index contributed by atoms with van der Waals surface area (Å²) >= 11 is 0. The van der Waals surface area contributed by atoms with Crippen molar-refractivity contribution in [2.24, 2.45) is 0 Å². The van der Waals surface area contributed by atoms with E-state index in [9.17, 15) is 14.0 Å². The second-order valence-corrected chi connectivity index (χ2v) is 6.01. The summed E-state index contributed by atoms with van der Waals surface area (Å²) in [4.78, 5) is 25.6. The first-order valence-electron chi connectivity index (χ1n) is 8.15. The molecule has 0 bridgehead atoms. The number of halogens is 1. The fraction of sp³-hybridized carbons (Fsp3) is 0.200. The highest BCUT2D eigenvalue weighted by atomic mass is 19.1. The summed E-state index contributed by atoms with van der Waals surface area (Å²) in [6, 6.07) is 13.5. The fourth-order valence-electron chi connectivity index (χ4n) is 2.98. The Hall–Kier alpha value is -2.95. The number of hydrogen-bond donors (Lipinski definition) is 1. The minimum Gasteiger partial charge on any atom is -0.347 e. The van der Waals surface area contributed by atoms with E-state index in [1.807, 2.05) is 30.3 Å². The van der Waals surface area contributed by atoms with Gasteiger partial charge in [-0.05, 0) is 30.2 Å². The number of nitrogens with one attached hydrogen (secondary N) is 1. The Bertz CT molecular complexity index is 805. The summed E-state index contributed by atoms with van der Waals surface area (Å²) in [5.41, 5.74) is 1.49. The van der Waals surface area contributed by atoms with Crippen LogP contribution in [0.2, 0.25) is 0 Å². The first-order chi connectivity index (χ1) is 12.1. The van der Waals surface area contributed by atoms with Gasteiger partial charge in [0.25, 0.3) is 5.91 Å². The van der Waals surface area contributed by atoms with Gasteiger partial charge in [-0.15, -0.1) is 0 Å². The lowest BCUT2D eigenvalue weighted by molar-refractivity contribution is -0.125. The smallest absolute Gasteiger partial charge is 0.251 e. The van der Waals surface area contributed by atoms with Crippen LogP contribution in [0.3, 0.4) is 0 Å². The molecule has 1 saturated heterocycles. The first-order valence-corrected chi connectivity index (χ1v) is 8.15. The summed E-state index contributed by atoms with van der Waals surface area (Å²) in [7, 11) is 0. The van der Waals surface area contributed by atoms with Crippen LogP contribution < -0.4 is 5.32 Å². The highest BCUT2D eigenvalue weighted by Crippen LogP contribution is 2.23. The molecule has 1 heterocycles. The van der Waals surface area contributed by atoms with E-state index in [0.717, 1.165) is 5.56 Å². The highest BCUT2D eigenvalue weighted by Gasteiger charge is 2.26. The molecule has 5 heteroatoms. The molecule has 0 saturated carbocycles. The van der Waals surface area contributed by atoms with Gasteiger partial charge in [0, 0.05) is 30.3 Å². The Morgan fingerprint density at radius 3 is 2.64 bits per heavy atom. The molecule has 0 unspecified atom stereocenters. The largest absolute Gasteiger partial charge is 0.347 e. The van der Waals surface area contributed by atoms with E-state index in [1.165, 1.54) is 12.1 Å². The van der Waals surface area contributed by atoms with Gasteiger partial charge in [-0.25, -0.2) is 4.39 Å². The number of nitrogens with zero attached hydrogens (tertiary/aromatic N) is 1. The predicted octanol–water partition coefficient (Wildman–Crippen LogP) is 3.01. The van der Waals surface area contributed by atoms with Gasteiger partial charge in [0.1, 0.15) is 5.82 Å². The van der Waals surface area contributed by atoms with Crippen LogP contribution in [-0.2, 0) is 4.79 Å². The van der Waals surface area contributed by atoms with Crippen molar-refractivity contribution >= 4 is 11.8 Å². The van der Waals surface area contributed by atoms with Gasteiger partial charge in [0.15, 0.2) is 0 Å². The van der Waals surface area contributed by atoms with Gasteiger partial charge in [0.2, 0.25) is 5.91 Å². The monoisotopic (exact) mass is 338 g/mol. The number of rotatable bonds is 4. The number of benzene rings is 2. The zero-order valence-corrected chi connectivity index (χ0v) is 13.7. The van der Waals surface area contributed by atoms with Gasteiger partial charge >= 0.3 is 0 Å². The second-order valence-electron chi connectivity index (χ2n) is 6.01. The summed E-state index contributed by atoms with van der Waals surface area (Å²) < 4.78 is 14.4. The average Bonchev–Trinajstić information content (AvgIpc) is 3.10. The number of amides is 2. The molecule has 0 spiro atoms. The Morgan fingerprint density at radius 1 is 1.20 bits per heavy atom. The first kappa shape index (κ1) is 16.9. The van der Waals surface area contributed by atoms with Crippen LogP contribution >= 0.6 is 0 Å². The third kappa shape index (κ3) is 3.76. The molecule has 25 heavy (non-hydrogen) atoms. The van der Waals surface area contributed by atoms with Crippen molar-refractivity contribution in [1.29, 1.82) is 0 Å². The van der Waals surface area contributed by atoms with Crippen molar-refractivity contribution in [2.45, 2.75) is 12.5 Å². The molecule has 1 fully saturated rings. The molecule has 3 rings (SSSR count). The van der Waals surface area contributed by atoms with E-state index in [0.29, 0.717) is 25.1 Å². The minimum atomic E-state index is -0.436. The van der Waals surface area contributed by atoms with Gasteiger partial charge in [-0.3, -0.25) is 9.59 Å². The quantitative estimate of drug-likeness (QED) is 0.871. The van der Waals surface area contributed by atoms with Crippen molar-refractivity contribution < 1.29 is 14.0 Å². The van der Waals surface area contributed by atoms with Gasteiger partial charge in [0.05, 0.1) is 0 Å². The Labute approximate surface area is 146 Å². The lowest BCUT2D eigenvalue weighted by atomic mass is 10.0. The summed E-state index contributed by atoms with van der Waals surface area (Å²) in [6.07, 6.45) is 1.94. The van der Waals surface area contributed by atoms with E-state index in [4.69, 9.17) is 0 Å². The normalized spacial score (nSPS) is 16.5. The van der Waals surface area contributed by atoms with Crippen LogP contribution in [0, 0.1) is 5.82 Å². The molecular weight excluding hydrogens is 319 g/mol. The third-order valence-corrected chi connectivity index (χ3v) is 4.33. The molecule has 1 atom stereocenters. The van der Waals surface area contributed by atoms with Crippen molar-refractivity contribution in [3.05, 3.63) is 72.6 Å². The molecule has 2 amide bonds. The van der Waals surface area contributed by atoms with Gasteiger partial charge < -0.3 is 10.2 Å². The van der Waals surface area contributed by atoms with Crippen molar-refractivity contribution in [3.8, 4) is 11.1 Å². The predicted molar refractivity (Wildman–Crippen MR) is 94.5 cm³/mol. The van der Waals surface area contributed by atoms with Crippen LogP contribution in [0.1, 0.15) is 16.8 Å². The number of hydrogen-bond acceptors (Lipinski definition) is 2. The molecule has 2 aromatic rings. The summed E-state index contributed by atoms with van der Waals surface area (Å²) in [6.45, 7) is 4.49. The standard InChI is InChI=1S/C20H19FN2O2/c1-2-19(24)23-11-10-16(13-23)22-20(25)15-8-9-17(18(21)12-15)14-6-4-3-5-7-14/h2-9,12,16H,1,10-11,13H2,(H,22,25)/t16-/m1/s1. The van der Waals surface area contributed by atoms with Crippen molar-refractivity contribution in [2.75, 3.05) is 13.1 Å². The number of carbonyl (C=O) groups is 2. The van der Waals surface area contributed by atoms with Crippen molar-refractivity contribution in [3.63, 3.8) is 0 Å². The highest BCUT2D eigenvalue weighted by molar-refractivity contribution is 5.95. The van der Waals surface area contributed by atoms with Crippen LogP contribution in [-0.4, -0.2) is 35.8 Å². The van der Waals surface area contributed by atoms with E-state index >= 15 is 0 Å². The summed E-state index contributed by atoms with van der Waals surface area (Å²) in [5, 5.41) is 2.86. The zero-order valence-electron chi connectivity index (χ0n) is 13.7. The lowest BCUT2D eigenvalue weighted by Crippen LogP contribution is -2.38. The maximum Gasteiger partial charge on any atom is 0.251 e. The van der Waals surface area contributed by atoms with Crippen molar-refractivity contribution in [1.82, 2.24) is 10.2 Å². The molecule has 0 radical (unpaired) electrons. The van der Waals surface area contributed by atoms with Crippen LogP contribution in [0.15, 0.2) is 61.2 Å². The topological polar surface area (TPSA) is 49.4 Å². The molecule has 0 aliphatic carbocycles. The lowest BCUT2D eigenvalue weighted by Gasteiger charge is -2.15. The molecule has 2 aromatic carbocycles. The van der Waals surface area contributed by atoms with Crippen LogP contribution in [0.4, 0.5) is 4.39 Å². The Kier molecular flexibility index (Phi) is 4.93. The average molecular weight is 338 g/mol.